The third-order valence-electron chi connectivity index (χ3n) is 11.1. The highest BCUT2D eigenvalue weighted by Gasteiger charge is 2.19. The minimum atomic E-state index is -0.804. The van der Waals surface area contributed by atoms with Gasteiger partial charge in [-0.15, -0.1) is 0 Å². The van der Waals surface area contributed by atoms with E-state index in [1.165, 1.54) is 19.3 Å². The Kier molecular flexibility index (Phi) is 53.0. The molecule has 0 saturated heterocycles. The molecule has 6 heteroatoms. The Hall–Kier alpha value is -4.71. The average Bonchev–Trinajstić information content (AvgIpc) is 3.36. The van der Waals surface area contributed by atoms with E-state index < -0.39 is 6.10 Å². The molecule has 1 atom stereocenters. The van der Waals surface area contributed by atoms with Gasteiger partial charge in [-0.2, -0.15) is 0 Å². The summed E-state index contributed by atoms with van der Waals surface area (Å²) < 4.78 is 16.6. The second-order valence-corrected chi connectivity index (χ2v) is 17.8. The Morgan fingerprint density at radius 2 is 0.571 bits per heavy atom. The maximum absolute atomic E-state index is 12.7. The first-order chi connectivity index (χ1) is 34.5. The largest absolute Gasteiger partial charge is 0.462 e. The van der Waals surface area contributed by atoms with E-state index in [0.717, 1.165) is 154 Å². The van der Waals surface area contributed by atoms with Crippen LogP contribution in [-0.2, 0) is 28.6 Å². The first kappa shape index (κ1) is 65.3. The van der Waals surface area contributed by atoms with Crippen molar-refractivity contribution in [3.05, 3.63) is 146 Å². The molecule has 0 aliphatic carbocycles. The summed E-state index contributed by atoms with van der Waals surface area (Å²) in [5.74, 6) is -0.988. The molecule has 0 bridgehead atoms. The number of carbonyl (C=O) groups is 3. The molecule has 0 spiro atoms. The second-order valence-electron chi connectivity index (χ2n) is 17.8. The van der Waals surface area contributed by atoms with Crippen molar-refractivity contribution in [2.75, 3.05) is 13.2 Å². The van der Waals surface area contributed by atoms with E-state index in [-0.39, 0.29) is 31.1 Å². The van der Waals surface area contributed by atoms with Crippen LogP contribution in [-0.4, -0.2) is 37.2 Å². The van der Waals surface area contributed by atoms with Crippen molar-refractivity contribution in [3.8, 4) is 0 Å². The van der Waals surface area contributed by atoms with Gasteiger partial charge in [-0.1, -0.05) is 224 Å². The molecule has 70 heavy (non-hydrogen) atoms. The van der Waals surface area contributed by atoms with Crippen LogP contribution in [0.3, 0.4) is 0 Å². The van der Waals surface area contributed by atoms with Crippen LogP contribution in [0.25, 0.3) is 0 Å². The van der Waals surface area contributed by atoms with Gasteiger partial charge >= 0.3 is 17.9 Å². The Morgan fingerprint density at radius 1 is 0.300 bits per heavy atom. The number of hydrogen-bond donors (Lipinski definition) is 0. The maximum Gasteiger partial charge on any atom is 0.306 e. The highest BCUT2D eigenvalue weighted by atomic mass is 16.6. The zero-order valence-corrected chi connectivity index (χ0v) is 44.7. The molecule has 1 unspecified atom stereocenters. The molecule has 0 heterocycles. The minimum absolute atomic E-state index is 0.103. The van der Waals surface area contributed by atoms with Crippen LogP contribution < -0.4 is 0 Å². The third kappa shape index (κ3) is 54.2. The second kappa shape index (κ2) is 56.9. The summed E-state index contributed by atoms with van der Waals surface area (Å²) in [4.78, 5) is 37.7. The van der Waals surface area contributed by atoms with Crippen molar-refractivity contribution in [2.24, 2.45) is 0 Å². The molecule has 0 aliphatic rings. The number of carbonyl (C=O) groups excluding carboxylic acids is 3. The molecule has 0 aliphatic heterocycles. The van der Waals surface area contributed by atoms with Crippen LogP contribution in [0, 0.1) is 0 Å². The molecular weight excluding hydrogens is 865 g/mol. The van der Waals surface area contributed by atoms with Gasteiger partial charge in [0.15, 0.2) is 6.10 Å². The van der Waals surface area contributed by atoms with Gasteiger partial charge in [0.05, 0.1) is 0 Å². The Morgan fingerprint density at radius 3 is 0.943 bits per heavy atom. The molecule has 0 aromatic heterocycles. The molecule has 0 rings (SSSR count). The van der Waals surface area contributed by atoms with Gasteiger partial charge < -0.3 is 14.2 Å². The lowest BCUT2D eigenvalue weighted by Crippen LogP contribution is -2.30. The molecule has 0 saturated carbocycles. The Bertz CT molecular complexity index is 1580. The van der Waals surface area contributed by atoms with Crippen LogP contribution in [0.2, 0.25) is 0 Å². The van der Waals surface area contributed by atoms with E-state index in [1.54, 1.807) is 0 Å². The van der Waals surface area contributed by atoms with Crippen molar-refractivity contribution < 1.29 is 28.6 Å². The molecular formula is C64H100O6. The van der Waals surface area contributed by atoms with Gasteiger partial charge in [-0.05, 0) is 122 Å². The Labute approximate surface area is 429 Å². The van der Waals surface area contributed by atoms with Gasteiger partial charge in [-0.3, -0.25) is 14.4 Å². The monoisotopic (exact) mass is 965 g/mol. The fourth-order valence-corrected chi connectivity index (χ4v) is 6.90. The zero-order chi connectivity index (χ0) is 50.7. The van der Waals surface area contributed by atoms with Crippen molar-refractivity contribution in [3.63, 3.8) is 0 Å². The lowest BCUT2D eigenvalue weighted by Gasteiger charge is -2.18. The third-order valence-corrected chi connectivity index (χ3v) is 11.1. The maximum atomic E-state index is 12.7. The molecule has 6 nitrogen and oxygen atoms in total. The van der Waals surface area contributed by atoms with E-state index >= 15 is 0 Å². The summed E-state index contributed by atoms with van der Waals surface area (Å²) in [6.45, 7) is 6.32. The van der Waals surface area contributed by atoms with E-state index in [4.69, 9.17) is 14.2 Å². The van der Waals surface area contributed by atoms with Crippen molar-refractivity contribution in [2.45, 2.75) is 226 Å². The van der Waals surface area contributed by atoms with Crippen molar-refractivity contribution in [1.82, 2.24) is 0 Å². The first-order valence-corrected chi connectivity index (χ1v) is 27.8. The lowest BCUT2D eigenvalue weighted by molar-refractivity contribution is -0.167. The van der Waals surface area contributed by atoms with Gasteiger partial charge in [0, 0.05) is 19.3 Å². The summed E-state index contributed by atoms with van der Waals surface area (Å²) in [5.41, 5.74) is 0. The predicted octanol–water partition coefficient (Wildman–Crippen LogP) is 18.8. The molecule has 0 N–H and O–H groups in total. The van der Waals surface area contributed by atoms with Crippen LogP contribution >= 0.6 is 0 Å². The van der Waals surface area contributed by atoms with Crippen LogP contribution in [0.15, 0.2) is 146 Å². The number of esters is 3. The molecule has 0 amide bonds. The predicted molar refractivity (Wildman–Crippen MR) is 302 cm³/mol. The standard InChI is InChI=1S/C64H100O6/c1-4-7-10-13-15-17-19-21-23-24-25-26-27-28-29-30-31-32-33-34-35-36-37-38-39-40-41-43-44-46-48-51-54-57-63(66)69-60-61(59-68-62(65)56-53-50-12-9-6-3)70-64(67)58-55-52-49-47-45-42-22-20-18-16-14-11-8-5-2/h7,10,14-17,20-23,25-26,28-29,31-32,34-35,37-38,40-41,44,46,61H,4-6,8-9,11-13,18-19,24,27,30,33,36,39,42-43,45,47-60H2,1-3H3/b10-7-,16-14-,17-15-,22-20-,23-21-,26-25-,29-28-,32-31-,35-34-,38-37-,41-40-,46-44-. The summed E-state index contributed by atoms with van der Waals surface area (Å²) in [6, 6.07) is 0. The topological polar surface area (TPSA) is 78.9 Å². The summed E-state index contributed by atoms with van der Waals surface area (Å²) in [5, 5.41) is 0. The van der Waals surface area contributed by atoms with Crippen LogP contribution in [0.1, 0.15) is 220 Å². The first-order valence-electron chi connectivity index (χ1n) is 27.8. The minimum Gasteiger partial charge on any atom is -0.462 e. The summed E-state index contributed by atoms with van der Waals surface area (Å²) in [6.07, 6.45) is 81.7. The van der Waals surface area contributed by atoms with E-state index in [0.29, 0.717) is 25.7 Å². The summed E-state index contributed by atoms with van der Waals surface area (Å²) >= 11 is 0. The molecule has 0 aromatic rings. The Balaban J connectivity index is 4.21. The quantitative estimate of drug-likeness (QED) is 0.0262. The van der Waals surface area contributed by atoms with Gasteiger partial charge in [0.2, 0.25) is 0 Å². The van der Waals surface area contributed by atoms with Gasteiger partial charge in [0.25, 0.3) is 0 Å². The number of hydrogen-bond acceptors (Lipinski definition) is 6. The number of ether oxygens (including phenoxy) is 3. The average molecular weight is 965 g/mol. The highest BCUT2D eigenvalue weighted by molar-refractivity contribution is 5.71. The number of allylic oxidation sites excluding steroid dienone is 24. The molecule has 0 aromatic carbocycles. The van der Waals surface area contributed by atoms with E-state index in [2.05, 4.69) is 167 Å². The van der Waals surface area contributed by atoms with Gasteiger partial charge in [-0.25, -0.2) is 0 Å². The number of rotatable bonds is 48. The fourth-order valence-electron chi connectivity index (χ4n) is 6.90. The molecule has 0 radical (unpaired) electrons. The van der Waals surface area contributed by atoms with Crippen molar-refractivity contribution >= 4 is 17.9 Å². The summed E-state index contributed by atoms with van der Waals surface area (Å²) in [7, 11) is 0. The highest BCUT2D eigenvalue weighted by Crippen LogP contribution is 2.12. The van der Waals surface area contributed by atoms with Crippen LogP contribution in [0.4, 0.5) is 0 Å². The fraction of sp³-hybridized carbons (Fsp3) is 0.578. The van der Waals surface area contributed by atoms with E-state index in [9.17, 15) is 14.4 Å². The normalized spacial score (nSPS) is 13.2. The molecule has 392 valence electrons. The van der Waals surface area contributed by atoms with Crippen molar-refractivity contribution in [1.29, 1.82) is 0 Å². The number of unbranched alkanes of at least 4 members (excludes halogenated alkanes) is 13. The van der Waals surface area contributed by atoms with Crippen LogP contribution in [0.5, 0.6) is 0 Å². The smallest absolute Gasteiger partial charge is 0.306 e. The molecule has 0 fully saturated rings. The SMILES string of the molecule is CC/C=C\C/C=C\C/C=C\C/C=C\C/C=C\C/C=C\C/C=C\C/C=C\C/C=C\C/C=C\CCCCC(=O)OCC(COC(=O)CCCCCCC)OC(=O)CCCCCCC/C=C\C/C=C\CCCC. The van der Waals surface area contributed by atoms with Gasteiger partial charge in [0.1, 0.15) is 13.2 Å². The zero-order valence-electron chi connectivity index (χ0n) is 44.7. The van der Waals surface area contributed by atoms with E-state index in [1.807, 2.05) is 0 Å². The lowest BCUT2D eigenvalue weighted by atomic mass is 10.1.